The third-order valence-corrected chi connectivity index (χ3v) is 11.2. The van der Waals surface area contributed by atoms with E-state index < -0.39 is 21.5 Å². The first-order chi connectivity index (χ1) is 20.0. The summed E-state index contributed by atoms with van der Waals surface area (Å²) in [6.07, 6.45) is 6.07. The quantitative estimate of drug-likeness (QED) is 0.329. The molecule has 3 heterocycles. The van der Waals surface area contributed by atoms with Gasteiger partial charge in [-0.3, -0.25) is 0 Å². The van der Waals surface area contributed by atoms with E-state index in [1.54, 1.807) is 6.07 Å². The third-order valence-electron chi connectivity index (χ3n) is 7.77. The first-order valence-corrected chi connectivity index (χ1v) is 17.1. The van der Waals surface area contributed by atoms with Crippen molar-refractivity contribution >= 4 is 38.8 Å². The van der Waals surface area contributed by atoms with Crippen LogP contribution in [0.5, 0.6) is 0 Å². The van der Waals surface area contributed by atoms with Crippen LogP contribution in [-0.4, -0.2) is 52.8 Å². The number of carbonyl (C=O) groups is 1. The molecule has 2 aromatic heterocycles. The minimum Gasteiger partial charge on any atom is -0.444 e. The van der Waals surface area contributed by atoms with Crippen molar-refractivity contribution in [2.24, 2.45) is 0 Å². The van der Waals surface area contributed by atoms with Gasteiger partial charge in [-0.2, -0.15) is 5.10 Å². The molecule has 1 amide bonds. The van der Waals surface area contributed by atoms with Crippen LogP contribution in [-0.2, 0) is 32.2 Å². The van der Waals surface area contributed by atoms with E-state index in [9.17, 15) is 13.2 Å². The number of amides is 1. The molecule has 12 heteroatoms. The summed E-state index contributed by atoms with van der Waals surface area (Å²) in [5, 5.41) is 11.4. The first kappa shape index (κ1) is 29.1. The maximum Gasteiger partial charge on any atom is 0.407 e. The van der Waals surface area contributed by atoms with E-state index in [0.29, 0.717) is 52.7 Å². The number of carbonyl (C=O) groups excluding carboxylic acids is 1. The summed E-state index contributed by atoms with van der Waals surface area (Å²) < 4.78 is 40.5. The molecule has 2 aliphatic carbocycles. The molecule has 3 aromatic rings. The lowest BCUT2D eigenvalue weighted by molar-refractivity contribution is -0.0404. The number of rotatable bonds is 7. The number of anilines is 2. The number of ether oxygens (including phenoxy) is 2. The second-order valence-corrected chi connectivity index (χ2v) is 15.8. The fourth-order valence-electron chi connectivity index (χ4n) is 5.56. The summed E-state index contributed by atoms with van der Waals surface area (Å²) in [6.45, 7) is 8.26. The number of nitrogens with zero attached hydrogens (tertiary/aromatic N) is 3. The van der Waals surface area contributed by atoms with E-state index in [1.807, 2.05) is 50.6 Å². The Bertz CT molecular complexity index is 1580. The average molecular weight is 614 g/mol. The summed E-state index contributed by atoms with van der Waals surface area (Å²) >= 11 is 1.51. The van der Waals surface area contributed by atoms with Gasteiger partial charge in [0.25, 0.3) is 0 Å². The minimum absolute atomic E-state index is 0.0517. The van der Waals surface area contributed by atoms with Gasteiger partial charge in [-0.1, -0.05) is 0 Å². The zero-order valence-corrected chi connectivity index (χ0v) is 26.2. The predicted octanol–water partition coefficient (Wildman–Crippen LogP) is 6.08. The van der Waals surface area contributed by atoms with Crippen LogP contribution in [0.4, 0.5) is 16.3 Å². The van der Waals surface area contributed by atoms with E-state index in [4.69, 9.17) is 19.6 Å². The van der Waals surface area contributed by atoms with E-state index in [0.717, 1.165) is 48.6 Å². The van der Waals surface area contributed by atoms with Gasteiger partial charge >= 0.3 is 6.09 Å². The average Bonchev–Trinajstić information content (AvgIpc) is 3.62. The largest absolute Gasteiger partial charge is 0.444 e. The molecular weight excluding hydrogens is 574 g/mol. The lowest BCUT2D eigenvalue weighted by Gasteiger charge is -2.25. The molecule has 0 spiro atoms. The zero-order valence-electron chi connectivity index (χ0n) is 24.6. The van der Waals surface area contributed by atoms with Crippen molar-refractivity contribution in [2.45, 2.75) is 107 Å². The molecule has 2 unspecified atom stereocenters. The SMILES string of the molecule is Cc1cc(Nc2ccc(-c3nc4c(s3)CC(NC(=O)OC(C)(C)C)CC4)c(S(=O)(=O)C3CC3)c2)nn1C1CCCCO1. The first-order valence-electron chi connectivity index (χ1n) is 14.8. The molecule has 1 saturated carbocycles. The molecule has 226 valence electrons. The summed E-state index contributed by atoms with van der Waals surface area (Å²) in [6, 6.07) is 7.37. The Kier molecular flexibility index (Phi) is 7.82. The number of aryl methyl sites for hydroxylation is 2. The van der Waals surface area contributed by atoms with Crippen LogP contribution >= 0.6 is 11.3 Å². The Hall–Kier alpha value is -2.96. The van der Waals surface area contributed by atoms with Crippen LogP contribution in [0, 0.1) is 6.92 Å². The summed E-state index contributed by atoms with van der Waals surface area (Å²) in [4.78, 5) is 18.6. The van der Waals surface area contributed by atoms with Gasteiger partial charge in [-0.15, -0.1) is 11.3 Å². The maximum absolute atomic E-state index is 13.6. The standard InChI is InChI=1S/C30H39N5O5S2/c1-18-15-26(34-35(18)27-7-5-6-14-39-27)31-20-8-12-22(25(17-20)42(37,38)21-10-11-21)28-33-23-13-9-19(16-24(23)41-28)32-29(36)40-30(2,3)4/h8,12,15,17,19,21,27H,5-7,9-11,13-14,16H2,1-4H3,(H,31,34)(H,32,36). The van der Waals surface area contributed by atoms with Gasteiger partial charge in [0.15, 0.2) is 21.9 Å². The van der Waals surface area contributed by atoms with Gasteiger partial charge in [0.05, 0.1) is 15.8 Å². The lowest BCUT2D eigenvalue weighted by Crippen LogP contribution is -2.41. The third kappa shape index (κ3) is 6.35. The molecule has 6 rings (SSSR count). The molecular formula is C30H39N5O5S2. The molecule has 42 heavy (non-hydrogen) atoms. The van der Waals surface area contributed by atoms with Crippen LogP contribution in [0.25, 0.3) is 10.6 Å². The van der Waals surface area contributed by atoms with Crippen molar-refractivity contribution in [3.05, 3.63) is 40.5 Å². The molecule has 2 atom stereocenters. The molecule has 0 radical (unpaired) electrons. The van der Waals surface area contributed by atoms with Crippen LogP contribution in [0.3, 0.4) is 0 Å². The second kappa shape index (κ2) is 11.3. The number of benzene rings is 1. The van der Waals surface area contributed by atoms with Crippen molar-refractivity contribution in [1.82, 2.24) is 20.1 Å². The smallest absolute Gasteiger partial charge is 0.407 e. The number of alkyl carbamates (subject to hydrolysis) is 1. The van der Waals surface area contributed by atoms with Crippen molar-refractivity contribution in [1.29, 1.82) is 0 Å². The maximum atomic E-state index is 13.6. The molecule has 1 saturated heterocycles. The van der Waals surface area contributed by atoms with E-state index in [-0.39, 0.29) is 17.5 Å². The summed E-state index contributed by atoms with van der Waals surface area (Å²) in [5.41, 5.74) is 2.69. The van der Waals surface area contributed by atoms with E-state index in [2.05, 4.69) is 10.6 Å². The van der Waals surface area contributed by atoms with Gasteiger partial charge in [-0.05, 0) is 90.8 Å². The monoisotopic (exact) mass is 613 g/mol. The minimum atomic E-state index is -3.52. The summed E-state index contributed by atoms with van der Waals surface area (Å²) in [5.74, 6) is 0.650. The molecule has 1 aromatic carbocycles. The number of hydrogen-bond acceptors (Lipinski definition) is 9. The molecule has 0 bridgehead atoms. The zero-order chi connectivity index (χ0) is 29.6. The Labute approximate surface area is 251 Å². The van der Waals surface area contributed by atoms with Crippen LogP contribution in [0.15, 0.2) is 29.2 Å². The second-order valence-electron chi connectivity index (χ2n) is 12.5. The van der Waals surface area contributed by atoms with Gasteiger partial charge in [-0.25, -0.2) is 22.9 Å². The summed E-state index contributed by atoms with van der Waals surface area (Å²) in [7, 11) is -3.52. The number of fused-ring (bicyclic) bond motifs is 1. The molecule has 10 nitrogen and oxygen atoms in total. The van der Waals surface area contributed by atoms with Gasteiger partial charge in [0.2, 0.25) is 0 Å². The highest BCUT2D eigenvalue weighted by Gasteiger charge is 2.39. The molecule has 2 N–H and O–H groups in total. The Morgan fingerprint density at radius 1 is 1.14 bits per heavy atom. The van der Waals surface area contributed by atoms with E-state index >= 15 is 0 Å². The highest BCUT2D eigenvalue weighted by molar-refractivity contribution is 7.92. The van der Waals surface area contributed by atoms with Crippen molar-refractivity contribution < 1.29 is 22.7 Å². The molecule has 2 fully saturated rings. The van der Waals surface area contributed by atoms with Crippen LogP contribution in [0.1, 0.15) is 81.8 Å². The number of hydrogen-bond donors (Lipinski definition) is 2. The number of sulfone groups is 1. The van der Waals surface area contributed by atoms with Crippen LogP contribution < -0.4 is 10.6 Å². The highest BCUT2D eigenvalue weighted by Crippen LogP contribution is 2.42. The van der Waals surface area contributed by atoms with Gasteiger partial charge < -0.3 is 20.1 Å². The normalized spacial score (nSPS) is 21.0. The Morgan fingerprint density at radius 2 is 1.95 bits per heavy atom. The highest BCUT2D eigenvalue weighted by atomic mass is 32.2. The molecule has 3 aliphatic rings. The van der Waals surface area contributed by atoms with Gasteiger partial charge in [0.1, 0.15) is 10.6 Å². The van der Waals surface area contributed by atoms with Crippen LogP contribution in [0.2, 0.25) is 0 Å². The fourth-order valence-corrected chi connectivity index (χ4v) is 8.73. The van der Waals surface area contributed by atoms with Crippen molar-refractivity contribution in [3.63, 3.8) is 0 Å². The van der Waals surface area contributed by atoms with Crippen molar-refractivity contribution in [3.8, 4) is 10.6 Å². The number of thiazole rings is 1. The Balaban J connectivity index is 1.25. The lowest BCUT2D eigenvalue weighted by atomic mass is 9.98. The molecule has 1 aliphatic heterocycles. The predicted molar refractivity (Wildman–Crippen MR) is 162 cm³/mol. The fraction of sp³-hybridized carbons (Fsp3) is 0.567. The number of nitrogens with one attached hydrogen (secondary N) is 2. The van der Waals surface area contributed by atoms with Crippen molar-refractivity contribution in [2.75, 3.05) is 11.9 Å². The van der Waals surface area contributed by atoms with Gasteiger partial charge in [0, 0.05) is 47.0 Å². The van der Waals surface area contributed by atoms with E-state index in [1.165, 1.54) is 11.3 Å². The number of aromatic nitrogens is 3. The Morgan fingerprint density at radius 3 is 2.67 bits per heavy atom. The topological polar surface area (TPSA) is 124 Å².